The van der Waals surface area contributed by atoms with E-state index in [2.05, 4.69) is 39.8 Å². The monoisotopic (exact) mass is 304 g/mol. The molecule has 0 nitrogen and oxygen atoms in total. The maximum Gasteiger partial charge on any atom is -1.00 e. The van der Waals surface area contributed by atoms with E-state index in [4.69, 9.17) is 0 Å². The molecule has 17 heavy (non-hydrogen) atoms. The predicted octanol–water partition coefficient (Wildman–Crippen LogP) is -1.68. The molecule has 0 heterocycles. The molecule has 0 saturated heterocycles. The summed E-state index contributed by atoms with van der Waals surface area (Å²) < 4.78 is 3.35. The average molecular weight is 305 g/mol. The minimum atomic E-state index is -0.0545. The average Bonchev–Trinajstić information content (AvgIpc) is 2.68. The van der Waals surface area contributed by atoms with Gasteiger partial charge in [-0.1, -0.05) is 0 Å². The third kappa shape index (κ3) is 3.61. The van der Waals surface area contributed by atoms with Gasteiger partial charge in [0.15, 0.2) is 0 Å². The molecule has 0 atom stereocenters. The third-order valence-corrected chi connectivity index (χ3v) is 6.23. The van der Waals surface area contributed by atoms with Gasteiger partial charge in [0.1, 0.15) is 0 Å². The van der Waals surface area contributed by atoms with Gasteiger partial charge in [0, 0.05) is 0 Å². The first-order chi connectivity index (χ1) is 7.09. The van der Waals surface area contributed by atoms with E-state index < -0.39 is 0 Å². The van der Waals surface area contributed by atoms with Crippen molar-refractivity contribution < 1.29 is 44.0 Å². The Balaban J connectivity index is 0.00000128. The number of halogens is 2. The molecule has 0 radical (unpaired) electrons. The van der Waals surface area contributed by atoms with Crippen LogP contribution in [0.3, 0.4) is 0 Å². The van der Waals surface area contributed by atoms with Crippen LogP contribution in [-0.4, -0.2) is 0 Å². The summed E-state index contributed by atoms with van der Waals surface area (Å²) in [4.78, 5) is 0. The van der Waals surface area contributed by atoms with E-state index in [0.29, 0.717) is 0 Å². The topological polar surface area (TPSA) is 0 Å². The van der Waals surface area contributed by atoms with Gasteiger partial charge >= 0.3 is 102 Å². The minimum Gasteiger partial charge on any atom is -1.00 e. The van der Waals surface area contributed by atoms with E-state index >= 15 is 0 Å². The fourth-order valence-electron chi connectivity index (χ4n) is 2.02. The van der Waals surface area contributed by atoms with Crippen LogP contribution in [0.15, 0.2) is 42.2 Å². The number of allylic oxidation sites excluding steroid dienone is 8. The van der Waals surface area contributed by atoms with Crippen LogP contribution in [-0.2, 0) is 19.2 Å². The van der Waals surface area contributed by atoms with Crippen LogP contribution in [0, 0.1) is 0 Å². The number of hydrogen-bond donors (Lipinski definition) is 0. The van der Waals surface area contributed by atoms with Crippen LogP contribution in [0.1, 0.15) is 40.5 Å². The summed E-state index contributed by atoms with van der Waals surface area (Å²) in [5.41, 5.74) is 6.30. The van der Waals surface area contributed by atoms with E-state index in [1.807, 2.05) is 0 Å². The Bertz CT molecular complexity index is 386. The van der Waals surface area contributed by atoms with Crippen LogP contribution in [0.4, 0.5) is 0 Å². The summed E-state index contributed by atoms with van der Waals surface area (Å²) in [7, 11) is 0. The van der Waals surface area contributed by atoms with Crippen molar-refractivity contribution in [3.63, 3.8) is 0 Å². The van der Waals surface area contributed by atoms with Gasteiger partial charge in [-0.2, -0.15) is 0 Å². The Morgan fingerprint density at radius 3 is 1.35 bits per heavy atom. The molecule has 0 aromatic heterocycles. The minimum absolute atomic E-state index is 0. The van der Waals surface area contributed by atoms with Crippen molar-refractivity contribution in [1.82, 2.24) is 0 Å². The number of hydrogen-bond acceptors (Lipinski definition) is 0. The first-order valence-electron chi connectivity index (χ1n) is 5.60. The van der Waals surface area contributed by atoms with E-state index in [-0.39, 0.29) is 44.0 Å². The Labute approximate surface area is 126 Å². The maximum absolute atomic E-state index is 2.45. The molecule has 0 N–H and O–H groups in total. The van der Waals surface area contributed by atoms with E-state index in [1.165, 1.54) is 12.8 Å². The Morgan fingerprint density at radius 2 is 1.12 bits per heavy atom. The quantitative estimate of drug-likeness (QED) is 0.535. The summed E-state index contributed by atoms with van der Waals surface area (Å²) >= 11 is -0.0545. The fourth-order valence-corrected chi connectivity index (χ4v) is 4.36. The van der Waals surface area contributed by atoms with Crippen molar-refractivity contribution in [2.24, 2.45) is 0 Å². The van der Waals surface area contributed by atoms with Gasteiger partial charge in [0.25, 0.3) is 0 Å². The van der Waals surface area contributed by atoms with Gasteiger partial charge in [-0.25, -0.2) is 0 Å². The second-order valence-corrected chi connectivity index (χ2v) is 6.65. The Kier molecular flexibility index (Phi) is 7.10. The van der Waals surface area contributed by atoms with Crippen LogP contribution in [0.25, 0.3) is 0 Å². The van der Waals surface area contributed by atoms with Gasteiger partial charge < -0.3 is 24.8 Å². The molecule has 0 aromatic carbocycles. The van der Waals surface area contributed by atoms with Gasteiger partial charge in [-0.3, -0.25) is 0 Å². The van der Waals surface area contributed by atoms with Crippen molar-refractivity contribution >= 4 is 0 Å². The van der Waals surface area contributed by atoms with E-state index in [0.717, 1.165) is 0 Å². The van der Waals surface area contributed by atoms with Crippen LogP contribution in [0.5, 0.6) is 0 Å². The first-order valence-corrected chi connectivity index (χ1v) is 7.16. The summed E-state index contributed by atoms with van der Waals surface area (Å²) in [5.74, 6) is 0. The molecule has 0 unspecified atom stereocenters. The molecule has 0 fully saturated rings. The van der Waals surface area contributed by atoms with Gasteiger partial charge in [-0.05, 0) is 0 Å². The number of rotatable bonds is 2. The summed E-state index contributed by atoms with van der Waals surface area (Å²) in [6.07, 6.45) is 7.29. The molecule has 0 aliphatic heterocycles. The molecule has 0 bridgehead atoms. The van der Waals surface area contributed by atoms with Gasteiger partial charge in [0.2, 0.25) is 0 Å². The molecule has 2 aliphatic rings. The van der Waals surface area contributed by atoms with Crippen LogP contribution >= 0.6 is 0 Å². The zero-order valence-electron chi connectivity index (χ0n) is 10.8. The van der Waals surface area contributed by atoms with Crippen molar-refractivity contribution in [2.45, 2.75) is 40.5 Å². The molecule has 3 heteroatoms. The summed E-state index contributed by atoms with van der Waals surface area (Å²) in [6.45, 7) is 9.11. The standard InChI is InChI=1S/2C7H9.2ClH.Ti/c2*1-6-4-3-5-7(6)2;;;/h2*3H,4H2,1-2H3;2*1H;/q;;;;+2/p-2. The molecular weight excluding hydrogens is 287 g/mol. The summed E-state index contributed by atoms with van der Waals surface area (Å²) in [6, 6.07) is 0. The van der Waals surface area contributed by atoms with Crippen molar-refractivity contribution in [3.05, 3.63) is 42.2 Å². The van der Waals surface area contributed by atoms with Crippen LogP contribution in [0.2, 0.25) is 0 Å². The zero-order chi connectivity index (χ0) is 11.0. The van der Waals surface area contributed by atoms with E-state index in [9.17, 15) is 0 Å². The normalized spacial score (nSPS) is 18.4. The molecular formula is C14H18Cl2Ti. The van der Waals surface area contributed by atoms with Gasteiger partial charge in [-0.15, -0.1) is 0 Å². The van der Waals surface area contributed by atoms with Crippen molar-refractivity contribution in [2.75, 3.05) is 0 Å². The first kappa shape index (κ1) is 17.3. The molecule has 0 spiro atoms. The fraction of sp³-hybridized carbons (Fsp3) is 0.429. The second-order valence-electron chi connectivity index (χ2n) is 4.58. The SMILES string of the molecule is CC1=C(C)[C]([Ti+2][C]2=CCC(C)=C2C)=CC1.[Cl-].[Cl-]. The third-order valence-electron chi connectivity index (χ3n) is 3.58. The van der Waals surface area contributed by atoms with Crippen molar-refractivity contribution in [3.8, 4) is 0 Å². The second kappa shape index (κ2) is 6.99. The van der Waals surface area contributed by atoms with Gasteiger partial charge in [0.05, 0.1) is 0 Å². The van der Waals surface area contributed by atoms with E-state index in [1.54, 1.807) is 30.0 Å². The Hall–Kier alpha value is 0.254. The molecule has 92 valence electrons. The smallest absolute Gasteiger partial charge is 1.00 e. The predicted molar refractivity (Wildman–Crippen MR) is 62.1 cm³/mol. The molecule has 0 aromatic rings. The maximum atomic E-state index is 2.45. The molecule has 0 saturated carbocycles. The summed E-state index contributed by atoms with van der Waals surface area (Å²) in [5, 5.41) is 0. The van der Waals surface area contributed by atoms with Crippen molar-refractivity contribution in [1.29, 1.82) is 0 Å². The molecule has 0 amide bonds. The largest absolute Gasteiger partial charge is 1.00 e. The Morgan fingerprint density at radius 1 is 0.765 bits per heavy atom. The zero-order valence-corrected chi connectivity index (χ0v) is 13.9. The van der Waals surface area contributed by atoms with Crippen LogP contribution < -0.4 is 24.8 Å². The molecule has 2 aliphatic carbocycles. The molecule has 2 rings (SSSR count).